The topological polar surface area (TPSA) is 18.5 Å². The molecule has 0 radical (unpaired) electrons. The fraction of sp³-hybridized carbons (Fsp3) is 1.00. The van der Waals surface area contributed by atoms with E-state index < -0.39 is 18.5 Å². The van der Waals surface area contributed by atoms with Crippen LogP contribution < -0.4 is 0 Å². The van der Waals surface area contributed by atoms with E-state index in [2.05, 4.69) is 0 Å². The molecule has 0 aliphatic carbocycles. The fourth-order valence-electron chi connectivity index (χ4n) is 3.27. The van der Waals surface area contributed by atoms with Crippen LogP contribution in [0.4, 0.5) is 22.0 Å². The van der Waals surface area contributed by atoms with Crippen molar-refractivity contribution in [3.8, 4) is 0 Å². The second-order valence-electron chi connectivity index (χ2n) is 7.55. The van der Waals surface area contributed by atoms with E-state index in [9.17, 15) is 22.0 Å². The van der Waals surface area contributed by atoms with E-state index in [1.54, 1.807) is 0 Å². The Balaban J connectivity index is 1.75. The molecule has 1 fully saturated rings. The largest absolute Gasteiger partial charge is 0.453 e. The molecule has 0 bridgehead atoms. The Morgan fingerprint density at radius 1 is 0.741 bits per heavy atom. The summed E-state index contributed by atoms with van der Waals surface area (Å²) >= 11 is 0. The summed E-state index contributed by atoms with van der Waals surface area (Å²) in [6.45, 7) is 2.38. The highest BCUT2D eigenvalue weighted by atomic mass is 19.4. The third-order valence-corrected chi connectivity index (χ3v) is 5.02. The van der Waals surface area contributed by atoms with Crippen molar-refractivity contribution in [2.75, 3.05) is 19.8 Å². The summed E-state index contributed by atoms with van der Waals surface area (Å²) in [4.78, 5) is 0. The molecule has 27 heavy (non-hydrogen) atoms. The first kappa shape index (κ1) is 24.6. The molecule has 1 aliphatic rings. The third kappa shape index (κ3) is 11.9. The number of alkyl halides is 5. The van der Waals surface area contributed by atoms with E-state index in [1.807, 2.05) is 0 Å². The van der Waals surface area contributed by atoms with Crippen molar-refractivity contribution in [1.82, 2.24) is 0 Å². The van der Waals surface area contributed by atoms with E-state index in [0.29, 0.717) is 19.1 Å². The lowest BCUT2D eigenvalue weighted by atomic mass is 10.0. The van der Waals surface area contributed by atoms with Crippen molar-refractivity contribution >= 4 is 0 Å². The molecule has 0 saturated carbocycles. The number of rotatable bonds is 16. The molecule has 0 aromatic carbocycles. The van der Waals surface area contributed by atoms with Gasteiger partial charge in [0.25, 0.3) is 0 Å². The van der Waals surface area contributed by atoms with Crippen LogP contribution in [0.25, 0.3) is 0 Å². The molecule has 1 atom stereocenters. The Morgan fingerprint density at radius 3 is 1.74 bits per heavy atom. The molecule has 2 nitrogen and oxygen atoms in total. The van der Waals surface area contributed by atoms with Gasteiger partial charge in [-0.25, -0.2) is 0 Å². The van der Waals surface area contributed by atoms with Crippen molar-refractivity contribution in [1.29, 1.82) is 0 Å². The van der Waals surface area contributed by atoms with Crippen LogP contribution in [0.3, 0.4) is 0 Å². The van der Waals surface area contributed by atoms with Gasteiger partial charge >= 0.3 is 12.1 Å². The Labute approximate surface area is 160 Å². The molecule has 162 valence electrons. The highest BCUT2D eigenvalue weighted by Gasteiger charge is 2.56. The van der Waals surface area contributed by atoms with Crippen LogP contribution >= 0.6 is 0 Å². The molecule has 1 rings (SSSR count). The van der Waals surface area contributed by atoms with Crippen LogP contribution in [0, 0.1) is 0 Å². The number of halogens is 5. The minimum absolute atomic E-state index is 0.0680. The molecule has 1 saturated heterocycles. The van der Waals surface area contributed by atoms with Gasteiger partial charge in [0.05, 0.1) is 12.7 Å². The van der Waals surface area contributed by atoms with Crippen LogP contribution in [-0.4, -0.2) is 38.0 Å². The monoisotopic (exact) mass is 402 g/mol. The van der Waals surface area contributed by atoms with Crippen LogP contribution in [0.15, 0.2) is 0 Å². The second kappa shape index (κ2) is 13.7. The SMILES string of the molecule is FC(F)(F)C(F)(F)CCCCCCCCCCCCCOCC1CCCO1. The molecule has 0 aromatic rings. The molecule has 1 aliphatic heterocycles. The molecular formula is C20H35F5O2. The van der Waals surface area contributed by atoms with Gasteiger partial charge in [-0.1, -0.05) is 57.8 Å². The summed E-state index contributed by atoms with van der Waals surface area (Å²) in [7, 11) is 0. The lowest BCUT2D eigenvalue weighted by Crippen LogP contribution is -2.36. The van der Waals surface area contributed by atoms with Gasteiger partial charge in [-0.15, -0.1) is 0 Å². The third-order valence-electron chi connectivity index (χ3n) is 5.02. The van der Waals surface area contributed by atoms with Crippen LogP contribution in [0.5, 0.6) is 0 Å². The summed E-state index contributed by atoms with van der Waals surface area (Å²) in [5.41, 5.74) is 0. The minimum Gasteiger partial charge on any atom is -0.379 e. The smallest absolute Gasteiger partial charge is 0.379 e. The first-order chi connectivity index (χ1) is 12.8. The van der Waals surface area contributed by atoms with Gasteiger partial charge in [0.15, 0.2) is 0 Å². The summed E-state index contributed by atoms with van der Waals surface area (Å²) in [5, 5.41) is 0. The van der Waals surface area contributed by atoms with Crippen LogP contribution in [0.2, 0.25) is 0 Å². The molecule has 0 N–H and O–H groups in total. The predicted molar refractivity (Wildman–Crippen MR) is 96.2 cm³/mol. The predicted octanol–water partition coefficient (Wildman–Crippen LogP) is 7.06. The maximum atomic E-state index is 12.7. The molecule has 0 amide bonds. The average Bonchev–Trinajstić information content (AvgIpc) is 3.10. The van der Waals surface area contributed by atoms with Crippen molar-refractivity contribution in [2.45, 2.75) is 108 Å². The zero-order chi connectivity index (χ0) is 20.0. The highest BCUT2D eigenvalue weighted by Crippen LogP contribution is 2.39. The van der Waals surface area contributed by atoms with Gasteiger partial charge in [0.2, 0.25) is 0 Å². The molecular weight excluding hydrogens is 367 g/mol. The summed E-state index contributed by atoms with van der Waals surface area (Å²) < 4.78 is 72.5. The summed E-state index contributed by atoms with van der Waals surface area (Å²) in [6, 6.07) is 0. The van der Waals surface area contributed by atoms with Gasteiger partial charge in [-0.3, -0.25) is 0 Å². The van der Waals surface area contributed by atoms with E-state index in [-0.39, 0.29) is 6.42 Å². The molecule has 1 heterocycles. The minimum atomic E-state index is -5.41. The summed E-state index contributed by atoms with van der Waals surface area (Å²) in [5.74, 6) is -4.54. The average molecular weight is 402 g/mol. The zero-order valence-electron chi connectivity index (χ0n) is 16.3. The normalized spacial score (nSPS) is 18.3. The van der Waals surface area contributed by atoms with E-state index in [4.69, 9.17) is 9.47 Å². The van der Waals surface area contributed by atoms with Crippen LogP contribution in [-0.2, 0) is 9.47 Å². The van der Waals surface area contributed by atoms with E-state index in [1.165, 1.54) is 19.3 Å². The maximum absolute atomic E-state index is 12.7. The molecule has 7 heteroatoms. The Bertz CT molecular complexity index is 355. The maximum Gasteiger partial charge on any atom is 0.453 e. The van der Waals surface area contributed by atoms with E-state index in [0.717, 1.165) is 64.6 Å². The zero-order valence-corrected chi connectivity index (χ0v) is 16.3. The van der Waals surface area contributed by atoms with Crippen LogP contribution in [0.1, 0.15) is 89.9 Å². The van der Waals surface area contributed by atoms with Gasteiger partial charge in [-0.2, -0.15) is 22.0 Å². The Kier molecular flexibility index (Phi) is 12.5. The molecule has 1 unspecified atom stereocenters. The number of hydrogen-bond acceptors (Lipinski definition) is 2. The van der Waals surface area contributed by atoms with Gasteiger partial charge in [0.1, 0.15) is 0 Å². The second-order valence-corrected chi connectivity index (χ2v) is 7.55. The first-order valence-corrected chi connectivity index (χ1v) is 10.5. The lowest BCUT2D eigenvalue weighted by molar-refractivity contribution is -0.284. The molecule has 0 aromatic heterocycles. The summed E-state index contributed by atoms with van der Waals surface area (Å²) in [6.07, 6.45) is 5.97. The number of hydrogen-bond donors (Lipinski definition) is 0. The fourth-order valence-corrected chi connectivity index (χ4v) is 3.27. The first-order valence-electron chi connectivity index (χ1n) is 10.5. The van der Waals surface area contributed by atoms with Crippen molar-refractivity contribution in [3.63, 3.8) is 0 Å². The van der Waals surface area contributed by atoms with Gasteiger partial charge < -0.3 is 9.47 Å². The van der Waals surface area contributed by atoms with Gasteiger partial charge in [-0.05, 0) is 25.7 Å². The van der Waals surface area contributed by atoms with Crippen molar-refractivity contribution in [2.24, 2.45) is 0 Å². The standard InChI is InChI=1S/C20H35F5O2/c21-19(22,20(23,24)25)14-10-8-6-4-2-1-3-5-7-9-11-15-26-17-18-13-12-16-27-18/h18H,1-17H2. The lowest BCUT2D eigenvalue weighted by Gasteiger charge is -2.19. The van der Waals surface area contributed by atoms with Crippen molar-refractivity contribution < 1.29 is 31.4 Å². The molecule has 0 spiro atoms. The van der Waals surface area contributed by atoms with Gasteiger partial charge in [0, 0.05) is 19.6 Å². The van der Waals surface area contributed by atoms with Crippen molar-refractivity contribution in [3.05, 3.63) is 0 Å². The Morgan fingerprint density at radius 2 is 1.26 bits per heavy atom. The highest BCUT2D eigenvalue weighted by molar-refractivity contribution is 4.75. The number of ether oxygens (including phenoxy) is 2. The Hall–Kier alpha value is -0.430. The van der Waals surface area contributed by atoms with E-state index >= 15 is 0 Å². The quantitative estimate of drug-likeness (QED) is 0.203. The number of unbranched alkanes of at least 4 members (excludes halogenated alkanes) is 10.